The first-order valence-electron chi connectivity index (χ1n) is 19.8. The molecule has 2 heterocycles. The summed E-state index contributed by atoms with van der Waals surface area (Å²) in [5.41, 5.74) is 10.6. The third-order valence-corrected chi connectivity index (χ3v) is 14.8. The fraction of sp³-hybridized carbons (Fsp3) is 0.0370. The zero-order valence-electron chi connectivity index (χ0n) is 32.9. The minimum absolute atomic E-state index is 0.584. The van der Waals surface area contributed by atoms with Crippen molar-refractivity contribution in [2.24, 2.45) is 0 Å². The number of nitrogens with zero attached hydrogens (tertiary/aromatic N) is 4. The molecule has 0 N–H and O–H groups in total. The van der Waals surface area contributed by atoms with Crippen LogP contribution >= 0.6 is 7.14 Å². The number of aromatic nitrogens is 2. The number of fused-ring (bicyclic) bond motifs is 6. The number of hydrogen-bond donors (Lipinski definition) is 0. The first kappa shape index (κ1) is 36.6. The quantitative estimate of drug-likeness (QED) is 0.0951. The molecule has 0 bridgehead atoms. The van der Waals surface area contributed by atoms with Crippen LogP contribution in [0, 0.1) is 36.5 Å². The molecule has 0 fully saturated rings. The average molecular weight is 787 g/mol. The lowest BCUT2D eigenvalue weighted by molar-refractivity contribution is 0.592. The maximum atomic E-state index is 15.1. The summed E-state index contributed by atoms with van der Waals surface area (Å²) >= 11 is 0. The average Bonchev–Trinajstić information content (AvgIpc) is 3.32. The Balaban J connectivity index is 1.22. The summed E-state index contributed by atoms with van der Waals surface area (Å²) in [5, 5.41) is 28.0. The van der Waals surface area contributed by atoms with Gasteiger partial charge in [-0.15, -0.1) is 0 Å². The lowest BCUT2D eigenvalue weighted by atomic mass is 9.85. The number of aryl methyl sites for hydroxylation is 2. The fourth-order valence-corrected chi connectivity index (χ4v) is 11.5. The second-order valence-electron chi connectivity index (χ2n) is 15.1. The lowest BCUT2D eigenvalue weighted by Gasteiger charge is -2.21. The Kier molecular flexibility index (Phi) is 8.92. The standard InChI is InChI=1S/C54H35N4OP/c1-34-49-45-15-9-10-16-47(45)57-53(39-21-17-36(32-55)18-22-39)51(49)35(2)50-46-30-27-41(31-48(46)58-54(52(34)50)40-23-19-37(33-56)20-24-40)38-25-28-44(29-26-38)60(59,42-11-5-3-6-12-42)43-13-7-4-8-14-43/h3-31H,1-2H3. The van der Waals surface area contributed by atoms with Gasteiger partial charge in [0.2, 0.25) is 0 Å². The van der Waals surface area contributed by atoms with Crippen molar-refractivity contribution in [1.82, 2.24) is 9.97 Å². The molecule has 10 aromatic rings. The van der Waals surface area contributed by atoms with Crippen LogP contribution in [0.1, 0.15) is 22.3 Å². The van der Waals surface area contributed by atoms with Crippen molar-refractivity contribution in [3.8, 4) is 45.8 Å². The monoisotopic (exact) mass is 786 g/mol. The molecule has 0 saturated heterocycles. The van der Waals surface area contributed by atoms with Crippen molar-refractivity contribution in [3.63, 3.8) is 0 Å². The van der Waals surface area contributed by atoms with Crippen molar-refractivity contribution < 1.29 is 4.57 Å². The van der Waals surface area contributed by atoms with Gasteiger partial charge in [-0.05, 0) is 83.3 Å². The first-order valence-corrected chi connectivity index (χ1v) is 21.5. The summed E-state index contributed by atoms with van der Waals surface area (Å²) in [6, 6.07) is 62.1. The van der Waals surface area contributed by atoms with Crippen LogP contribution in [0.4, 0.5) is 0 Å². The van der Waals surface area contributed by atoms with Gasteiger partial charge in [0, 0.05) is 48.6 Å². The number of rotatable bonds is 6. The third-order valence-electron chi connectivity index (χ3n) is 11.8. The van der Waals surface area contributed by atoms with E-state index in [1.807, 2.05) is 127 Å². The van der Waals surface area contributed by atoms with Gasteiger partial charge in [0.25, 0.3) is 0 Å². The Morgan fingerprint density at radius 1 is 0.417 bits per heavy atom. The Labute approximate surface area is 347 Å². The predicted molar refractivity (Wildman–Crippen MR) is 247 cm³/mol. The number of pyridine rings is 2. The highest BCUT2D eigenvalue weighted by atomic mass is 31.2. The van der Waals surface area contributed by atoms with Gasteiger partial charge in [-0.2, -0.15) is 10.5 Å². The molecule has 6 heteroatoms. The number of hydrogen-bond acceptors (Lipinski definition) is 5. The summed E-state index contributed by atoms with van der Waals surface area (Å²) in [4.78, 5) is 10.8. The van der Waals surface area contributed by atoms with Crippen molar-refractivity contribution in [2.75, 3.05) is 0 Å². The van der Waals surface area contributed by atoms with Crippen LogP contribution in [0.2, 0.25) is 0 Å². The number of benzene rings is 8. The highest BCUT2D eigenvalue weighted by molar-refractivity contribution is 7.85. The summed E-state index contributed by atoms with van der Waals surface area (Å²) in [5.74, 6) is 0. The third kappa shape index (κ3) is 5.87. The zero-order chi connectivity index (χ0) is 41.0. The van der Waals surface area contributed by atoms with E-state index in [2.05, 4.69) is 74.5 Å². The smallest absolute Gasteiger partial charge is 0.171 e. The minimum atomic E-state index is -3.13. The van der Waals surface area contributed by atoms with E-state index in [4.69, 9.17) is 9.97 Å². The van der Waals surface area contributed by atoms with E-state index in [-0.39, 0.29) is 0 Å². The van der Waals surface area contributed by atoms with Crippen molar-refractivity contribution in [3.05, 3.63) is 198 Å². The summed E-state index contributed by atoms with van der Waals surface area (Å²) in [7, 11) is -3.13. The van der Waals surface area contributed by atoms with Gasteiger partial charge in [0.15, 0.2) is 7.14 Å². The van der Waals surface area contributed by atoms with Crippen molar-refractivity contribution in [2.45, 2.75) is 13.8 Å². The molecule has 2 aromatic heterocycles. The SMILES string of the molecule is Cc1c2c(-c3ccc(C#N)cc3)nc3cc(-c4ccc(P(=O)(c5ccccc5)c5ccccc5)cc4)ccc3c2c(C)c2c(-c3ccc(C#N)cc3)nc3ccccc3c12. The van der Waals surface area contributed by atoms with E-state index >= 15 is 4.57 Å². The normalized spacial score (nSPS) is 11.5. The molecule has 5 nitrogen and oxygen atoms in total. The summed E-state index contributed by atoms with van der Waals surface area (Å²) in [6.07, 6.45) is 0. The molecule has 0 atom stereocenters. The molecule has 8 aromatic carbocycles. The van der Waals surface area contributed by atoms with E-state index in [9.17, 15) is 10.5 Å². The molecule has 0 unspecified atom stereocenters. The van der Waals surface area contributed by atoms with Gasteiger partial charge in [-0.3, -0.25) is 0 Å². The van der Waals surface area contributed by atoms with Crippen LogP contribution in [0.15, 0.2) is 176 Å². The molecule has 60 heavy (non-hydrogen) atoms. The molecule has 0 saturated carbocycles. The summed E-state index contributed by atoms with van der Waals surface area (Å²) in [6.45, 7) is 4.36. The van der Waals surface area contributed by atoms with Crippen molar-refractivity contribution >= 4 is 66.4 Å². The van der Waals surface area contributed by atoms with Crippen LogP contribution in [0.25, 0.3) is 77.0 Å². The molecule has 0 amide bonds. The highest BCUT2D eigenvalue weighted by Crippen LogP contribution is 2.46. The molecule has 282 valence electrons. The molecular formula is C54H35N4OP. The van der Waals surface area contributed by atoms with Crippen LogP contribution in [-0.4, -0.2) is 9.97 Å². The second kappa shape index (κ2) is 14.6. The second-order valence-corrected chi connectivity index (χ2v) is 17.9. The molecule has 10 rings (SSSR count). The van der Waals surface area contributed by atoms with Crippen LogP contribution in [0.5, 0.6) is 0 Å². The fourth-order valence-electron chi connectivity index (χ4n) is 8.83. The molecule has 0 radical (unpaired) electrons. The lowest BCUT2D eigenvalue weighted by Crippen LogP contribution is -2.24. The van der Waals surface area contributed by atoms with Gasteiger partial charge >= 0.3 is 0 Å². The predicted octanol–water partition coefficient (Wildman–Crippen LogP) is 12.1. The zero-order valence-corrected chi connectivity index (χ0v) is 33.8. The van der Waals surface area contributed by atoms with Gasteiger partial charge in [-0.1, -0.05) is 140 Å². The van der Waals surface area contributed by atoms with E-state index in [1.165, 1.54) is 0 Å². The molecule has 0 spiro atoms. The first-order chi connectivity index (χ1) is 29.4. The van der Waals surface area contributed by atoms with E-state index in [0.29, 0.717) is 11.1 Å². The van der Waals surface area contributed by atoms with E-state index in [0.717, 1.165) is 104 Å². The molecule has 0 aliphatic carbocycles. The Bertz CT molecular complexity index is 3420. The van der Waals surface area contributed by atoms with E-state index < -0.39 is 7.14 Å². The Morgan fingerprint density at radius 2 is 0.833 bits per heavy atom. The molecular weight excluding hydrogens is 752 g/mol. The summed E-state index contributed by atoms with van der Waals surface area (Å²) < 4.78 is 15.1. The van der Waals surface area contributed by atoms with Crippen molar-refractivity contribution in [1.29, 1.82) is 10.5 Å². The van der Waals surface area contributed by atoms with E-state index in [1.54, 1.807) is 0 Å². The topological polar surface area (TPSA) is 90.4 Å². The van der Waals surface area contributed by atoms with Crippen LogP contribution in [-0.2, 0) is 4.57 Å². The van der Waals surface area contributed by atoms with Crippen LogP contribution < -0.4 is 15.9 Å². The number of nitriles is 2. The highest BCUT2D eigenvalue weighted by Gasteiger charge is 2.29. The van der Waals surface area contributed by atoms with Gasteiger partial charge in [0.1, 0.15) is 0 Å². The molecule has 0 aliphatic heterocycles. The Morgan fingerprint density at radius 3 is 1.35 bits per heavy atom. The number of para-hydroxylation sites is 1. The van der Waals surface area contributed by atoms with Crippen LogP contribution in [0.3, 0.4) is 0 Å². The largest absolute Gasteiger partial charge is 0.309 e. The maximum Gasteiger partial charge on any atom is 0.171 e. The minimum Gasteiger partial charge on any atom is -0.309 e. The Hall–Kier alpha value is -7.69. The van der Waals surface area contributed by atoms with Gasteiger partial charge in [-0.25, -0.2) is 9.97 Å². The van der Waals surface area contributed by atoms with Gasteiger partial charge in [0.05, 0.1) is 45.7 Å². The maximum absolute atomic E-state index is 15.1. The van der Waals surface area contributed by atoms with Gasteiger partial charge < -0.3 is 4.57 Å². The molecule has 0 aliphatic rings.